The third kappa shape index (κ3) is 2.47. The number of benzene rings is 1. The molecule has 17 heavy (non-hydrogen) atoms. The molecule has 2 nitrogen and oxygen atoms in total. The summed E-state index contributed by atoms with van der Waals surface area (Å²) >= 11 is 0. The molecule has 0 radical (unpaired) electrons. The van der Waals surface area contributed by atoms with E-state index in [4.69, 9.17) is 4.74 Å². The number of ether oxygens (including phenoxy) is 1. The van der Waals surface area contributed by atoms with Gasteiger partial charge in [-0.3, -0.25) is 0 Å². The number of hydrogen-bond donors (Lipinski definition) is 1. The lowest BCUT2D eigenvalue weighted by atomic mass is 10.0. The van der Waals surface area contributed by atoms with Gasteiger partial charge in [0.15, 0.2) is 0 Å². The molecule has 1 fully saturated rings. The molecule has 1 atom stereocenters. The van der Waals surface area contributed by atoms with E-state index in [0.29, 0.717) is 6.04 Å². The smallest absolute Gasteiger partial charge is 0.124 e. The van der Waals surface area contributed by atoms with E-state index in [0.717, 1.165) is 18.4 Å². The second kappa shape index (κ2) is 4.69. The minimum absolute atomic E-state index is 0.430. The highest BCUT2D eigenvalue weighted by atomic mass is 16.5. The minimum atomic E-state index is 0.430. The Hall–Kier alpha value is -1.02. The molecule has 1 N–H and O–H groups in total. The van der Waals surface area contributed by atoms with Crippen LogP contribution in [-0.2, 0) is 6.42 Å². The molecular formula is C15H21NO. The van der Waals surface area contributed by atoms with Crippen molar-refractivity contribution in [2.45, 2.75) is 51.1 Å². The quantitative estimate of drug-likeness (QED) is 0.840. The van der Waals surface area contributed by atoms with E-state index >= 15 is 0 Å². The molecule has 1 heterocycles. The average Bonchev–Trinajstić information content (AvgIpc) is 3.08. The number of rotatable bonds is 5. The Kier molecular flexibility index (Phi) is 3.06. The second-order valence-corrected chi connectivity index (χ2v) is 5.28. The van der Waals surface area contributed by atoms with Gasteiger partial charge in [-0.2, -0.15) is 0 Å². The molecule has 0 spiro atoms. The van der Waals surface area contributed by atoms with Gasteiger partial charge >= 0.3 is 0 Å². The van der Waals surface area contributed by atoms with Gasteiger partial charge in [0.2, 0.25) is 0 Å². The summed E-state index contributed by atoms with van der Waals surface area (Å²) in [4.78, 5) is 0. The van der Waals surface area contributed by atoms with Gasteiger partial charge < -0.3 is 10.1 Å². The third-order valence-electron chi connectivity index (χ3n) is 3.69. The summed E-state index contributed by atoms with van der Waals surface area (Å²) in [5.41, 5.74) is 2.84. The van der Waals surface area contributed by atoms with Gasteiger partial charge in [0.25, 0.3) is 0 Å². The average molecular weight is 231 g/mol. The van der Waals surface area contributed by atoms with Crippen LogP contribution in [0.5, 0.6) is 5.75 Å². The van der Waals surface area contributed by atoms with Crippen LogP contribution in [0.1, 0.15) is 49.8 Å². The van der Waals surface area contributed by atoms with Crippen molar-refractivity contribution in [2.75, 3.05) is 6.61 Å². The highest BCUT2D eigenvalue weighted by Gasteiger charge is 2.30. The van der Waals surface area contributed by atoms with Crippen LogP contribution in [-0.4, -0.2) is 12.6 Å². The molecule has 1 unspecified atom stereocenters. The van der Waals surface area contributed by atoms with Gasteiger partial charge in [-0.1, -0.05) is 25.5 Å². The molecule has 0 saturated heterocycles. The monoisotopic (exact) mass is 231 g/mol. The van der Waals surface area contributed by atoms with E-state index in [1.807, 2.05) is 0 Å². The van der Waals surface area contributed by atoms with Crippen LogP contribution >= 0.6 is 0 Å². The van der Waals surface area contributed by atoms with E-state index < -0.39 is 0 Å². The predicted octanol–water partition coefficient (Wildman–Crippen LogP) is 3.21. The topological polar surface area (TPSA) is 21.3 Å². The molecule has 2 heteroatoms. The molecule has 1 aromatic carbocycles. The number of nitrogens with one attached hydrogen (secondary N) is 1. The van der Waals surface area contributed by atoms with Crippen molar-refractivity contribution in [1.82, 2.24) is 5.32 Å². The summed E-state index contributed by atoms with van der Waals surface area (Å²) in [5.74, 6) is 1.09. The van der Waals surface area contributed by atoms with Crippen molar-refractivity contribution in [1.29, 1.82) is 0 Å². The first kappa shape index (κ1) is 11.1. The Morgan fingerprint density at radius 3 is 3.00 bits per heavy atom. The van der Waals surface area contributed by atoms with E-state index in [2.05, 4.69) is 30.4 Å². The Morgan fingerprint density at radius 2 is 2.24 bits per heavy atom. The molecule has 1 aliphatic carbocycles. The molecule has 92 valence electrons. The van der Waals surface area contributed by atoms with Crippen LogP contribution in [0, 0.1) is 0 Å². The summed E-state index contributed by atoms with van der Waals surface area (Å²) in [6.07, 6.45) is 6.40. The maximum atomic E-state index is 5.74. The lowest BCUT2D eigenvalue weighted by molar-refractivity contribution is 0.310. The SMILES string of the molecule is CCCCc1ccc2c(c1)C(NC1CC1)CO2. The van der Waals surface area contributed by atoms with Crippen LogP contribution in [0.2, 0.25) is 0 Å². The third-order valence-corrected chi connectivity index (χ3v) is 3.69. The van der Waals surface area contributed by atoms with Crippen LogP contribution in [0.4, 0.5) is 0 Å². The van der Waals surface area contributed by atoms with Gasteiger partial charge in [0, 0.05) is 11.6 Å². The van der Waals surface area contributed by atoms with Crippen LogP contribution in [0.15, 0.2) is 18.2 Å². The normalized spacial score (nSPS) is 22.3. The van der Waals surface area contributed by atoms with Crippen molar-refractivity contribution in [3.8, 4) is 5.75 Å². The van der Waals surface area contributed by atoms with E-state index in [1.165, 1.54) is 43.2 Å². The molecule has 0 bridgehead atoms. The highest BCUT2D eigenvalue weighted by Crippen LogP contribution is 2.35. The summed E-state index contributed by atoms with van der Waals surface area (Å²) in [5, 5.41) is 3.67. The zero-order valence-electron chi connectivity index (χ0n) is 10.5. The van der Waals surface area contributed by atoms with Crippen molar-refractivity contribution in [2.24, 2.45) is 0 Å². The lowest BCUT2D eigenvalue weighted by Gasteiger charge is -2.11. The molecule has 2 aliphatic rings. The molecule has 3 rings (SSSR count). The van der Waals surface area contributed by atoms with Crippen molar-refractivity contribution in [3.05, 3.63) is 29.3 Å². The molecule has 1 saturated carbocycles. The predicted molar refractivity (Wildman–Crippen MR) is 69.4 cm³/mol. The van der Waals surface area contributed by atoms with E-state index in [9.17, 15) is 0 Å². The standard InChI is InChI=1S/C15H21NO/c1-2-3-4-11-5-8-15-13(9-11)14(10-17-15)16-12-6-7-12/h5,8-9,12,14,16H,2-4,6-7,10H2,1H3. The van der Waals surface area contributed by atoms with Gasteiger partial charge in [0.1, 0.15) is 12.4 Å². The van der Waals surface area contributed by atoms with Gasteiger partial charge in [-0.25, -0.2) is 0 Å². The largest absolute Gasteiger partial charge is 0.491 e. The van der Waals surface area contributed by atoms with Crippen molar-refractivity contribution >= 4 is 0 Å². The van der Waals surface area contributed by atoms with Gasteiger partial charge in [-0.05, 0) is 37.3 Å². The van der Waals surface area contributed by atoms with E-state index in [-0.39, 0.29) is 0 Å². The first-order valence-electron chi connectivity index (χ1n) is 6.88. The van der Waals surface area contributed by atoms with Gasteiger partial charge in [-0.15, -0.1) is 0 Å². The first-order chi connectivity index (χ1) is 8.36. The molecule has 1 aromatic rings. The Labute approximate surface area is 103 Å². The fraction of sp³-hybridized carbons (Fsp3) is 0.600. The molecular weight excluding hydrogens is 210 g/mol. The number of fused-ring (bicyclic) bond motifs is 1. The summed E-state index contributed by atoms with van der Waals surface area (Å²) < 4.78 is 5.74. The fourth-order valence-corrected chi connectivity index (χ4v) is 2.47. The first-order valence-corrected chi connectivity index (χ1v) is 6.88. The maximum Gasteiger partial charge on any atom is 0.124 e. The molecule has 0 amide bonds. The van der Waals surface area contributed by atoms with Gasteiger partial charge in [0.05, 0.1) is 6.04 Å². The zero-order valence-corrected chi connectivity index (χ0v) is 10.5. The van der Waals surface area contributed by atoms with Crippen LogP contribution in [0.25, 0.3) is 0 Å². The maximum absolute atomic E-state index is 5.74. The summed E-state index contributed by atoms with van der Waals surface area (Å²) in [7, 11) is 0. The van der Waals surface area contributed by atoms with E-state index in [1.54, 1.807) is 0 Å². The Bertz CT molecular complexity index is 398. The lowest BCUT2D eigenvalue weighted by Crippen LogP contribution is -2.24. The van der Waals surface area contributed by atoms with Crippen LogP contribution in [0.3, 0.4) is 0 Å². The number of hydrogen-bond acceptors (Lipinski definition) is 2. The minimum Gasteiger partial charge on any atom is -0.491 e. The zero-order chi connectivity index (χ0) is 11.7. The van der Waals surface area contributed by atoms with Crippen molar-refractivity contribution in [3.63, 3.8) is 0 Å². The molecule has 1 aliphatic heterocycles. The summed E-state index contributed by atoms with van der Waals surface area (Å²) in [6.45, 7) is 3.05. The molecule has 0 aromatic heterocycles. The highest BCUT2D eigenvalue weighted by molar-refractivity contribution is 5.42. The Balaban J connectivity index is 1.74. The fourth-order valence-electron chi connectivity index (χ4n) is 2.47. The summed E-state index contributed by atoms with van der Waals surface area (Å²) in [6, 6.07) is 7.88. The Morgan fingerprint density at radius 1 is 1.35 bits per heavy atom. The van der Waals surface area contributed by atoms with Crippen molar-refractivity contribution < 1.29 is 4.74 Å². The second-order valence-electron chi connectivity index (χ2n) is 5.28. The van der Waals surface area contributed by atoms with Crippen LogP contribution < -0.4 is 10.1 Å². The number of aryl methyl sites for hydroxylation is 1. The number of unbranched alkanes of at least 4 members (excludes halogenated alkanes) is 1.